The summed E-state index contributed by atoms with van der Waals surface area (Å²) in [6, 6.07) is -3.24. The van der Waals surface area contributed by atoms with Crippen LogP contribution < -0.4 is 60.2 Å². The van der Waals surface area contributed by atoms with Crippen LogP contribution in [0.2, 0.25) is 0 Å². The van der Waals surface area contributed by atoms with Crippen LogP contribution >= 0.6 is 0 Å². The maximum absolute atomic E-state index is 14.2. The van der Waals surface area contributed by atoms with Gasteiger partial charge in [0.2, 0.25) is 59.1 Å². The van der Waals surface area contributed by atoms with Gasteiger partial charge >= 0.3 is 0 Å². The lowest BCUT2D eigenvalue weighted by molar-refractivity contribution is -0.144. The van der Waals surface area contributed by atoms with Gasteiger partial charge in [-0.3, -0.25) is 52.9 Å². The lowest BCUT2D eigenvalue weighted by atomic mass is 9.96. The summed E-state index contributed by atoms with van der Waals surface area (Å²) < 4.78 is 0. The van der Waals surface area contributed by atoms with Gasteiger partial charge in [-0.2, -0.15) is 0 Å². The molecule has 0 spiro atoms. The van der Waals surface area contributed by atoms with Gasteiger partial charge in [0.15, 0.2) is 5.96 Å². The highest BCUT2D eigenvalue weighted by molar-refractivity contribution is 5.99. The molecule has 17 N–H and O–H groups in total. The van der Waals surface area contributed by atoms with E-state index in [-0.39, 0.29) is 70.0 Å². The van der Waals surface area contributed by atoms with E-state index >= 15 is 0 Å². The second kappa shape index (κ2) is 30.4. The number of aliphatic hydroxyl groups excluding tert-OH is 2. The second-order valence-electron chi connectivity index (χ2n) is 19.6. The summed E-state index contributed by atoms with van der Waals surface area (Å²) in [4.78, 5) is 141. The fourth-order valence-corrected chi connectivity index (χ4v) is 8.69. The van der Waals surface area contributed by atoms with Crippen LogP contribution in [-0.4, -0.2) is 178 Å². The summed E-state index contributed by atoms with van der Waals surface area (Å²) in [7, 11) is 0. The number of nitrogens with zero attached hydrogens (tertiary/aromatic N) is 3. The Hall–Kier alpha value is -6.93. The van der Waals surface area contributed by atoms with Crippen molar-refractivity contribution < 1.29 is 58.2 Å². The Bertz CT molecular complexity index is 2180. The molecule has 2 aliphatic heterocycles. The smallest absolute Gasteiger partial charge is 0.248 e. The van der Waals surface area contributed by atoms with E-state index in [0.717, 1.165) is 10.5 Å². The van der Waals surface area contributed by atoms with Crippen molar-refractivity contribution in [2.45, 2.75) is 160 Å². The monoisotopic (exact) mass is 1060 g/mol. The molecule has 0 saturated carbocycles. The molecule has 2 saturated heterocycles. The van der Waals surface area contributed by atoms with Crippen LogP contribution in [0.25, 0.3) is 0 Å². The molecule has 26 heteroatoms. The summed E-state index contributed by atoms with van der Waals surface area (Å²) in [5, 5.41) is 38.1. The van der Waals surface area contributed by atoms with Crippen LogP contribution in [0.5, 0.6) is 0 Å². The number of primary amides is 1. The standard InChI is InChI=1S/C49H80N14O12/c1-7-27(4)38(46(73)56-31(16-11-19-54-49(52)53)41(68)57-32(39(51)66)23-30-14-9-8-10-15-30)61-42(69)33(22-26(2)3)58-44(71)36-17-12-20-62(36)47(74)29(6)55-43(70)34(24-64)59-45(72)37-18-13-21-63(37)48(75)35(25-65)60-40(67)28(5)50/h8-10,14-15,26-29,31-38,64-65H,7,11-13,16-25,50H2,1-6H3,(H2,51,66)(H,55,70)(H,56,73)(H,57,68)(H,58,71)(H,59,72)(H,60,67)(H,61,69)(H4,52,53,54)/t27-,28-,29-,31-,32-,33-,34-,35-,36-,37-,38-/m0/s1. The Morgan fingerprint density at radius 1 is 0.640 bits per heavy atom. The fraction of sp³-hybridized carbons (Fsp3) is 0.653. The van der Waals surface area contributed by atoms with Crippen molar-refractivity contribution in [3.05, 3.63) is 35.9 Å². The van der Waals surface area contributed by atoms with E-state index in [1.54, 1.807) is 44.2 Å². The van der Waals surface area contributed by atoms with Gasteiger partial charge in [-0.25, -0.2) is 0 Å². The Balaban J connectivity index is 1.72. The highest BCUT2D eigenvalue weighted by Crippen LogP contribution is 2.21. The summed E-state index contributed by atoms with van der Waals surface area (Å²) in [6.45, 7) is 8.63. The van der Waals surface area contributed by atoms with Gasteiger partial charge in [0.05, 0.1) is 19.3 Å². The minimum Gasteiger partial charge on any atom is -0.394 e. The van der Waals surface area contributed by atoms with Crippen molar-refractivity contribution in [3.63, 3.8) is 0 Å². The SMILES string of the molecule is CC[C@H](C)[C@H](NC(=O)[C@H](CC(C)C)NC(=O)[C@@H]1CCCN1C(=O)[C@H](C)NC(=O)[C@H](CO)NC(=O)[C@@H]1CCCN1C(=O)[C@H](CO)NC(=O)[C@H](C)N)C(=O)N[C@@H](CCCN=C(N)N)C(=O)N[C@@H](Cc1ccccc1)C(N)=O. The van der Waals surface area contributed by atoms with Gasteiger partial charge in [-0.1, -0.05) is 64.4 Å². The van der Waals surface area contributed by atoms with Crippen LogP contribution in [0.4, 0.5) is 0 Å². The van der Waals surface area contributed by atoms with Crippen LogP contribution in [0.3, 0.4) is 0 Å². The van der Waals surface area contributed by atoms with Gasteiger partial charge in [-0.15, -0.1) is 0 Å². The third-order valence-corrected chi connectivity index (χ3v) is 13.1. The van der Waals surface area contributed by atoms with Crippen LogP contribution in [0.15, 0.2) is 35.3 Å². The molecule has 0 aliphatic carbocycles. The molecule has 2 fully saturated rings. The third-order valence-electron chi connectivity index (χ3n) is 13.1. The molecule has 1 aromatic rings. The van der Waals surface area contributed by atoms with Crippen LogP contribution in [-0.2, 0) is 54.4 Å². The average Bonchev–Trinajstić information content (AvgIpc) is 4.07. The first-order chi connectivity index (χ1) is 35.4. The molecule has 2 aliphatic rings. The highest BCUT2D eigenvalue weighted by Gasteiger charge is 2.42. The van der Waals surface area contributed by atoms with E-state index in [2.05, 4.69) is 42.2 Å². The van der Waals surface area contributed by atoms with Crippen molar-refractivity contribution >= 4 is 65.0 Å². The number of rotatable bonds is 29. The van der Waals surface area contributed by atoms with E-state index in [0.29, 0.717) is 19.3 Å². The van der Waals surface area contributed by atoms with Crippen molar-refractivity contribution in [1.82, 2.24) is 47.0 Å². The first kappa shape index (κ1) is 62.4. The van der Waals surface area contributed by atoms with E-state index in [1.807, 2.05) is 13.8 Å². The van der Waals surface area contributed by atoms with Crippen molar-refractivity contribution in [2.24, 2.45) is 39.8 Å². The third kappa shape index (κ3) is 19.1. The first-order valence-electron chi connectivity index (χ1n) is 25.5. The van der Waals surface area contributed by atoms with Crippen LogP contribution in [0, 0.1) is 11.8 Å². The van der Waals surface area contributed by atoms with E-state index in [9.17, 15) is 58.2 Å². The minimum atomic E-state index is -1.57. The number of carbonyl (C=O) groups excluding carboxylic acids is 10. The number of benzene rings is 1. The van der Waals surface area contributed by atoms with E-state index < -0.39 is 139 Å². The maximum atomic E-state index is 14.2. The summed E-state index contributed by atoms with van der Waals surface area (Å²) in [5.74, 6) is -8.25. The molecule has 0 bridgehead atoms. The number of guanidine groups is 1. The first-order valence-corrected chi connectivity index (χ1v) is 25.5. The maximum Gasteiger partial charge on any atom is 0.248 e. The highest BCUT2D eigenvalue weighted by atomic mass is 16.3. The number of nitrogens with one attached hydrogen (secondary N) is 7. The Morgan fingerprint density at radius 3 is 1.68 bits per heavy atom. The zero-order chi connectivity index (χ0) is 56.1. The Kier molecular flexibility index (Phi) is 25.3. The molecule has 11 atom stereocenters. The number of hydrogen-bond donors (Lipinski definition) is 13. The minimum absolute atomic E-state index is 0.0330. The normalized spacial score (nSPS) is 18.9. The van der Waals surface area contributed by atoms with Crippen molar-refractivity contribution in [3.8, 4) is 0 Å². The van der Waals surface area contributed by atoms with Crippen LogP contribution in [0.1, 0.15) is 98.5 Å². The lowest BCUT2D eigenvalue weighted by Gasteiger charge is -2.31. The fourth-order valence-electron chi connectivity index (χ4n) is 8.69. The van der Waals surface area contributed by atoms with E-state index in [1.165, 1.54) is 18.7 Å². The number of nitrogens with two attached hydrogens (primary N) is 4. The molecular weight excluding hydrogens is 977 g/mol. The predicted molar refractivity (Wildman–Crippen MR) is 275 cm³/mol. The summed E-state index contributed by atoms with van der Waals surface area (Å²) in [6.07, 6.45) is 2.06. The quantitative estimate of drug-likeness (QED) is 0.0205. The van der Waals surface area contributed by atoms with Crippen molar-refractivity contribution in [2.75, 3.05) is 32.8 Å². The largest absolute Gasteiger partial charge is 0.394 e. The molecule has 0 radical (unpaired) electrons. The molecule has 75 heavy (non-hydrogen) atoms. The topological polar surface area (TPSA) is 418 Å². The van der Waals surface area contributed by atoms with Crippen molar-refractivity contribution in [1.29, 1.82) is 0 Å². The molecule has 1 aromatic carbocycles. The molecule has 418 valence electrons. The van der Waals surface area contributed by atoms with Gasteiger partial charge in [0, 0.05) is 26.1 Å². The van der Waals surface area contributed by atoms with Gasteiger partial charge in [0.25, 0.3) is 0 Å². The van der Waals surface area contributed by atoms with E-state index in [4.69, 9.17) is 22.9 Å². The second-order valence-corrected chi connectivity index (χ2v) is 19.6. The Labute approximate surface area is 437 Å². The van der Waals surface area contributed by atoms with Gasteiger partial charge in [-0.05, 0) is 76.2 Å². The number of aliphatic hydroxyl groups is 2. The molecule has 2 heterocycles. The number of hydrogen-bond acceptors (Lipinski definition) is 14. The number of aliphatic imine (C=N–C) groups is 1. The lowest BCUT2D eigenvalue weighted by Crippen LogP contribution is -2.61. The van der Waals surface area contributed by atoms with Gasteiger partial charge < -0.3 is 80.2 Å². The Morgan fingerprint density at radius 2 is 1.16 bits per heavy atom. The molecular formula is C49H80N14O12. The number of carbonyl (C=O) groups is 10. The number of amides is 10. The average molecular weight is 1060 g/mol. The summed E-state index contributed by atoms with van der Waals surface area (Å²) >= 11 is 0. The molecule has 0 unspecified atom stereocenters. The zero-order valence-electron chi connectivity index (χ0n) is 43.8. The molecule has 10 amide bonds. The number of likely N-dealkylation sites (tertiary alicyclic amines) is 2. The van der Waals surface area contributed by atoms with Gasteiger partial charge in [0.1, 0.15) is 54.4 Å². The molecule has 3 rings (SSSR count). The summed E-state index contributed by atoms with van der Waals surface area (Å²) in [5.41, 5.74) is 23.0. The molecule has 26 nitrogen and oxygen atoms in total. The molecule has 0 aromatic heterocycles. The zero-order valence-corrected chi connectivity index (χ0v) is 43.8. The predicted octanol–water partition coefficient (Wildman–Crippen LogP) is -4.41.